The van der Waals surface area contributed by atoms with Crippen molar-refractivity contribution in [2.45, 2.75) is 42.9 Å². The molecule has 0 unspecified atom stereocenters. The number of rotatable bonds is 10. The van der Waals surface area contributed by atoms with Crippen molar-refractivity contribution in [3.63, 3.8) is 0 Å². The zero-order chi connectivity index (χ0) is 58.3. The van der Waals surface area contributed by atoms with Crippen molar-refractivity contribution >= 4 is 37.5 Å². The van der Waals surface area contributed by atoms with E-state index in [1.807, 2.05) is 4.72 Å². The minimum atomic E-state index is -4.74. The molecule has 0 saturated heterocycles. The van der Waals surface area contributed by atoms with Gasteiger partial charge in [-0.15, -0.1) is 0 Å². The van der Waals surface area contributed by atoms with Gasteiger partial charge in [0.15, 0.2) is 11.4 Å². The summed E-state index contributed by atoms with van der Waals surface area (Å²) in [7, 11) is -6.96. The molecule has 0 aliphatic heterocycles. The Morgan fingerprint density at radius 1 is 0.620 bits per heavy atom. The van der Waals surface area contributed by atoms with E-state index in [2.05, 4.69) is 25.2 Å². The van der Waals surface area contributed by atoms with Crippen LogP contribution in [0.4, 0.5) is 42.5 Å². The molecular formula is C49H39F6N13O9S2. The fourth-order valence-electron chi connectivity index (χ4n) is 8.06. The molecule has 0 bridgehead atoms. The number of benzene rings is 4. The third kappa shape index (κ3) is 11.1. The Kier molecular flexibility index (Phi) is 15.5. The van der Waals surface area contributed by atoms with Crippen LogP contribution in [0.3, 0.4) is 0 Å². The van der Waals surface area contributed by atoms with Gasteiger partial charge in [0.2, 0.25) is 10.0 Å². The highest BCUT2D eigenvalue weighted by molar-refractivity contribution is 7.90. The van der Waals surface area contributed by atoms with E-state index in [1.54, 1.807) is 6.92 Å². The molecule has 0 atom stereocenters. The standard InChI is InChI=1S/C26H22F3N7O5S.C23H17F3N6O4S/c1-5-31-24(38)33-42(40,41)20-14-32-36(18-11-9-17(30-3)10-12-18)22(20)21-15(2)35(25(39)34(4)23(21)37)19-8-6-7-16(13-19)26(27,28)29;1-13-19(20-18(37(27,35)36)12-29-32(20)16-9-7-15(28-2)8-10-16)21(33)30(3)22(34)31(13)17-6-4-5-14(11-17)23(24,25)26/h6-14H,5H2,1-2,4H3,(H2,31,33,38);4-12H,1,3H3,(H2,27,35,36). The number of urea groups is 1. The normalized spacial score (nSPS) is 11.8. The maximum Gasteiger partial charge on any atom is 0.416 e. The lowest BCUT2D eigenvalue weighted by Gasteiger charge is -2.18. The first-order valence-electron chi connectivity index (χ1n) is 22.4. The molecular weight excluding hydrogens is 1090 g/mol. The number of primary sulfonamides is 1. The number of aromatic nitrogens is 8. The molecule has 4 N–H and O–H groups in total. The molecule has 4 heterocycles. The molecule has 8 aromatic rings. The summed E-state index contributed by atoms with van der Waals surface area (Å²) in [6, 6.07) is 18.2. The van der Waals surface area contributed by atoms with E-state index in [-0.39, 0.29) is 69.0 Å². The van der Waals surface area contributed by atoms with Crippen molar-refractivity contribution in [1.82, 2.24) is 47.9 Å². The number of nitrogens with one attached hydrogen (secondary N) is 2. The molecule has 408 valence electrons. The lowest BCUT2D eigenvalue weighted by molar-refractivity contribution is -0.138. The molecule has 0 aliphatic carbocycles. The van der Waals surface area contributed by atoms with Gasteiger partial charge in [-0.1, -0.05) is 36.4 Å². The summed E-state index contributed by atoms with van der Waals surface area (Å²) in [5.74, 6) is 0. The first-order chi connectivity index (χ1) is 37.0. The third-order valence-corrected chi connectivity index (χ3v) is 14.0. The van der Waals surface area contributed by atoms with Gasteiger partial charge in [0.25, 0.3) is 21.1 Å². The summed E-state index contributed by atoms with van der Waals surface area (Å²) in [6.45, 7) is 18.5. The summed E-state index contributed by atoms with van der Waals surface area (Å²) < 4.78 is 139. The van der Waals surface area contributed by atoms with Gasteiger partial charge in [0.05, 0.1) is 70.5 Å². The molecule has 0 spiro atoms. The van der Waals surface area contributed by atoms with Gasteiger partial charge < -0.3 is 5.32 Å². The molecule has 0 radical (unpaired) electrons. The number of hydrogen-bond donors (Lipinski definition) is 3. The highest BCUT2D eigenvalue weighted by Gasteiger charge is 2.35. The summed E-state index contributed by atoms with van der Waals surface area (Å²) in [5.41, 5.74) is -7.07. The quantitative estimate of drug-likeness (QED) is 0.103. The minimum Gasteiger partial charge on any atom is -0.338 e. The minimum absolute atomic E-state index is 0.0997. The summed E-state index contributed by atoms with van der Waals surface area (Å²) >= 11 is 0. The second kappa shape index (κ2) is 21.4. The molecule has 4 aromatic heterocycles. The van der Waals surface area contributed by atoms with E-state index in [0.29, 0.717) is 9.13 Å². The summed E-state index contributed by atoms with van der Waals surface area (Å²) in [4.78, 5) is 70.8. The van der Waals surface area contributed by atoms with Crippen molar-refractivity contribution in [3.05, 3.63) is 196 Å². The third-order valence-electron chi connectivity index (χ3n) is 11.8. The predicted octanol–water partition coefficient (Wildman–Crippen LogP) is 6.19. The second-order valence-corrected chi connectivity index (χ2v) is 20.0. The number of alkyl halides is 6. The molecule has 2 amide bonds. The monoisotopic (exact) mass is 1130 g/mol. The molecule has 0 aliphatic rings. The topological polar surface area (TPSA) is 268 Å². The SMILES string of the molecule is [C-]#[N+]c1ccc(-n2ncc(S(=O)(=O)NC(=O)NCC)c2-c2c(C)n(-c3cccc(C(F)(F)F)c3)c(=O)n(C)c2=O)cc1.[C-]#[N+]c1ccc(-n2ncc(S(N)(=O)=O)c2-c2c(C)n(-c3cccc(C(F)(F)F)c3)c(=O)n(C)c2=O)cc1. The van der Waals surface area contributed by atoms with Gasteiger partial charge >= 0.3 is 29.8 Å². The Morgan fingerprint density at radius 3 is 1.35 bits per heavy atom. The van der Waals surface area contributed by atoms with Crippen LogP contribution in [-0.2, 0) is 46.5 Å². The van der Waals surface area contributed by atoms with E-state index in [1.165, 1.54) is 74.5 Å². The van der Waals surface area contributed by atoms with Gasteiger partial charge in [-0.2, -0.15) is 36.5 Å². The van der Waals surface area contributed by atoms with Crippen LogP contribution in [0.25, 0.3) is 55.0 Å². The largest absolute Gasteiger partial charge is 0.416 e. The number of carbonyl (C=O) groups is 1. The highest BCUT2D eigenvalue weighted by atomic mass is 32.2. The zero-order valence-corrected chi connectivity index (χ0v) is 43.0. The predicted molar refractivity (Wildman–Crippen MR) is 272 cm³/mol. The molecule has 79 heavy (non-hydrogen) atoms. The first-order valence-corrected chi connectivity index (χ1v) is 25.5. The molecule has 0 saturated carbocycles. The van der Waals surface area contributed by atoms with Crippen LogP contribution in [0.15, 0.2) is 138 Å². The van der Waals surface area contributed by atoms with E-state index in [4.69, 9.17) is 18.3 Å². The van der Waals surface area contributed by atoms with Crippen molar-refractivity contribution in [2.75, 3.05) is 6.54 Å². The number of halogens is 6. The van der Waals surface area contributed by atoms with Gasteiger partial charge in [0, 0.05) is 32.0 Å². The first kappa shape index (κ1) is 57.1. The lowest BCUT2D eigenvalue weighted by atomic mass is 10.1. The van der Waals surface area contributed by atoms with E-state index in [0.717, 1.165) is 81.4 Å². The molecule has 8 rings (SSSR count). The summed E-state index contributed by atoms with van der Waals surface area (Å²) in [6.07, 6.45) is -7.63. The van der Waals surface area contributed by atoms with Crippen molar-refractivity contribution in [3.8, 4) is 45.3 Å². The molecule has 30 heteroatoms. The van der Waals surface area contributed by atoms with Crippen LogP contribution in [0.2, 0.25) is 0 Å². The number of carbonyl (C=O) groups excluding carboxylic acids is 1. The van der Waals surface area contributed by atoms with Crippen LogP contribution < -0.4 is 37.7 Å². The summed E-state index contributed by atoms with van der Waals surface area (Å²) in [5, 5.41) is 15.9. The van der Waals surface area contributed by atoms with Gasteiger partial charge in [-0.3, -0.25) is 27.9 Å². The van der Waals surface area contributed by atoms with Crippen LogP contribution in [0.5, 0.6) is 0 Å². The van der Waals surface area contributed by atoms with Crippen LogP contribution in [-0.4, -0.2) is 67.2 Å². The molecule has 4 aromatic carbocycles. The van der Waals surface area contributed by atoms with Crippen molar-refractivity contribution in [2.24, 2.45) is 19.2 Å². The number of nitrogens with two attached hydrogens (primary N) is 1. The average molecular weight is 1130 g/mol. The Hall–Kier alpha value is -9.65. The van der Waals surface area contributed by atoms with Crippen molar-refractivity contribution in [1.29, 1.82) is 0 Å². The Morgan fingerprint density at radius 2 is 1.00 bits per heavy atom. The fourth-order valence-corrected chi connectivity index (χ4v) is 9.76. The van der Waals surface area contributed by atoms with E-state index < -0.39 is 87.4 Å². The van der Waals surface area contributed by atoms with Crippen molar-refractivity contribution < 1.29 is 48.0 Å². The molecule has 22 nitrogen and oxygen atoms in total. The van der Waals surface area contributed by atoms with Gasteiger partial charge in [-0.05, 0) is 81.4 Å². The average Bonchev–Trinajstić information content (AvgIpc) is 4.30. The molecule has 0 fully saturated rings. The number of nitrogens with zero attached hydrogens (tertiary/aromatic N) is 10. The van der Waals surface area contributed by atoms with E-state index in [9.17, 15) is 67.2 Å². The second-order valence-electron chi connectivity index (χ2n) is 16.8. The Labute approximate surface area is 442 Å². The highest BCUT2D eigenvalue weighted by Crippen LogP contribution is 2.35. The number of amides is 2. The van der Waals surface area contributed by atoms with Crippen LogP contribution in [0.1, 0.15) is 29.4 Å². The zero-order valence-electron chi connectivity index (χ0n) is 41.4. The van der Waals surface area contributed by atoms with Gasteiger partial charge in [-0.25, -0.2) is 60.1 Å². The Bertz CT molecular complexity index is 4340. The van der Waals surface area contributed by atoms with Crippen LogP contribution >= 0.6 is 0 Å². The fraction of sp³-hybridized carbons (Fsp3) is 0.163. The lowest BCUT2D eigenvalue weighted by Crippen LogP contribution is -2.41. The van der Waals surface area contributed by atoms with Crippen LogP contribution in [0, 0.1) is 27.0 Å². The number of sulfonamides is 2. The van der Waals surface area contributed by atoms with E-state index >= 15 is 0 Å². The smallest absolute Gasteiger partial charge is 0.338 e. The Balaban J connectivity index is 0.000000230. The number of hydrogen-bond acceptors (Lipinski definition) is 11. The van der Waals surface area contributed by atoms with Gasteiger partial charge in [0.1, 0.15) is 21.2 Å². The maximum absolute atomic E-state index is 13.6. The maximum atomic E-state index is 13.6.